The van der Waals surface area contributed by atoms with E-state index in [1.165, 1.54) is 77.5 Å². The normalized spacial score (nSPS) is 11.1. The van der Waals surface area contributed by atoms with Crippen molar-refractivity contribution < 1.29 is 0 Å². The van der Waals surface area contributed by atoms with Crippen LogP contribution in [0.5, 0.6) is 0 Å². The van der Waals surface area contributed by atoms with Gasteiger partial charge >= 0.3 is 0 Å². The van der Waals surface area contributed by atoms with Crippen LogP contribution in [0.25, 0.3) is 77.5 Å². The average Bonchev–Trinajstić information content (AvgIpc) is 3.33. The molecular formula is C58H41N. The molecule has 10 rings (SSSR count). The van der Waals surface area contributed by atoms with Crippen molar-refractivity contribution in [3.05, 3.63) is 249 Å². The molecule has 278 valence electrons. The van der Waals surface area contributed by atoms with Crippen LogP contribution in [0.2, 0.25) is 0 Å². The Labute approximate surface area is 346 Å². The first-order chi connectivity index (χ1) is 29.2. The third-order valence-electron chi connectivity index (χ3n) is 11.3. The Bertz CT molecular complexity index is 3000. The second kappa shape index (κ2) is 16.0. The second-order valence-electron chi connectivity index (χ2n) is 15.0. The van der Waals surface area contributed by atoms with Gasteiger partial charge in [-0.2, -0.15) is 0 Å². The second-order valence-corrected chi connectivity index (χ2v) is 15.0. The van der Waals surface area contributed by atoms with Crippen molar-refractivity contribution in [1.29, 1.82) is 0 Å². The highest BCUT2D eigenvalue weighted by Crippen LogP contribution is 2.40. The van der Waals surface area contributed by atoms with E-state index in [0.29, 0.717) is 0 Å². The van der Waals surface area contributed by atoms with Gasteiger partial charge in [0.15, 0.2) is 0 Å². The Balaban J connectivity index is 1.01. The molecule has 10 aromatic rings. The molecule has 1 heteroatoms. The van der Waals surface area contributed by atoms with Crippen LogP contribution in [0.15, 0.2) is 249 Å². The maximum atomic E-state index is 2.37. The fourth-order valence-electron chi connectivity index (χ4n) is 8.20. The van der Waals surface area contributed by atoms with E-state index in [1.807, 2.05) is 0 Å². The molecule has 59 heavy (non-hydrogen) atoms. The summed E-state index contributed by atoms with van der Waals surface area (Å²) in [7, 11) is 0. The highest BCUT2D eigenvalue weighted by Gasteiger charge is 2.16. The van der Waals surface area contributed by atoms with Gasteiger partial charge in [-0.05, 0) is 126 Å². The third kappa shape index (κ3) is 7.46. The van der Waals surface area contributed by atoms with Crippen molar-refractivity contribution >= 4 is 27.8 Å². The summed E-state index contributed by atoms with van der Waals surface area (Å²) < 4.78 is 0. The van der Waals surface area contributed by atoms with Gasteiger partial charge in [0.25, 0.3) is 0 Å². The molecule has 0 saturated carbocycles. The molecule has 0 saturated heterocycles. The first kappa shape index (κ1) is 35.7. The SMILES string of the molecule is c1ccc(-c2ccc(-c3ccc(N(c4ccc(-c5cccc(-c6ccc7ccccc7c6)c5)cc4)c4cccc(-c5ccccc5-c5ccccc5)c4)cc3)cc2)cc1. The Morgan fingerprint density at radius 1 is 0.186 bits per heavy atom. The molecule has 0 spiro atoms. The number of benzene rings is 10. The van der Waals surface area contributed by atoms with Crippen LogP contribution in [-0.4, -0.2) is 0 Å². The van der Waals surface area contributed by atoms with Gasteiger partial charge in [0.1, 0.15) is 0 Å². The molecule has 0 radical (unpaired) electrons. The van der Waals surface area contributed by atoms with Crippen LogP contribution in [0.3, 0.4) is 0 Å². The lowest BCUT2D eigenvalue weighted by molar-refractivity contribution is 1.28. The largest absolute Gasteiger partial charge is 0.310 e. The maximum Gasteiger partial charge on any atom is 0.0467 e. The van der Waals surface area contributed by atoms with E-state index in [-0.39, 0.29) is 0 Å². The summed E-state index contributed by atoms with van der Waals surface area (Å²) in [4.78, 5) is 2.37. The summed E-state index contributed by atoms with van der Waals surface area (Å²) in [5.41, 5.74) is 17.7. The van der Waals surface area contributed by atoms with E-state index in [2.05, 4.69) is 254 Å². The summed E-state index contributed by atoms with van der Waals surface area (Å²) in [6.45, 7) is 0. The molecule has 0 fully saturated rings. The van der Waals surface area contributed by atoms with E-state index >= 15 is 0 Å². The monoisotopic (exact) mass is 751 g/mol. The fourth-order valence-corrected chi connectivity index (χ4v) is 8.20. The fraction of sp³-hybridized carbons (Fsp3) is 0. The van der Waals surface area contributed by atoms with Crippen molar-refractivity contribution in [1.82, 2.24) is 0 Å². The Kier molecular flexibility index (Phi) is 9.68. The molecule has 0 N–H and O–H groups in total. The summed E-state index contributed by atoms with van der Waals surface area (Å²) in [5, 5.41) is 2.51. The highest BCUT2D eigenvalue weighted by molar-refractivity contribution is 5.89. The summed E-state index contributed by atoms with van der Waals surface area (Å²) in [6, 6.07) is 89.8. The molecule has 0 heterocycles. The zero-order chi connectivity index (χ0) is 39.4. The Morgan fingerprint density at radius 3 is 1.20 bits per heavy atom. The Morgan fingerprint density at radius 2 is 0.576 bits per heavy atom. The highest BCUT2D eigenvalue weighted by atomic mass is 15.1. The lowest BCUT2D eigenvalue weighted by atomic mass is 9.94. The molecule has 1 nitrogen and oxygen atoms in total. The van der Waals surface area contributed by atoms with Crippen LogP contribution in [0, 0.1) is 0 Å². The number of hydrogen-bond donors (Lipinski definition) is 0. The lowest BCUT2D eigenvalue weighted by Crippen LogP contribution is -2.10. The maximum absolute atomic E-state index is 2.37. The Hall–Kier alpha value is -7.74. The average molecular weight is 752 g/mol. The van der Waals surface area contributed by atoms with Gasteiger partial charge in [-0.15, -0.1) is 0 Å². The first-order valence-electron chi connectivity index (χ1n) is 20.2. The van der Waals surface area contributed by atoms with Gasteiger partial charge < -0.3 is 4.90 Å². The van der Waals surface area contributed by atoms with Crippen LogP contribution in [-0.2, 0) is 0 Å². The van der Waals surface area contributed by atoms with Gasteiger partial charge in [-0.25, -0.2) is 0 Å². The minimum absolute atomic E-state index is 1.09. The standard InChI is InChI=1S/C58H41N/c1-3-13-42(14-4-1)44-25-27-45(28-26-44)46-31-35-54(36-32-46)59(56-22-12-21-53(41-56)58-24-10-9-23-57(58)48-16-5-2-6-17-48)55-37-33-47(34-38-55)50-19-11-20-51(39-50)52-30-29-43-15-7-8-18-49(43)40-52/h1-41H. The molecule has 0 aromatic heterocycles. The van der Waals surface area contributed by atoms with Crippen molar-refractivity contribution in [3.63, 3.8) is 0 Å². The van der Waals surface area contributed by atoms with E-state index in [1.54, 1.807) is 0 Å². The van der Waals surface area contributed by atoms with Gasteiger partial charge in [0.05, 0.1) is 0 Å². The first-order valence-corrected chi connectivity index (χ1v) is 20.2. The van der Waals surface area contributed by atoms with Gasteiger partial charge in [0, 0.05) is 17.1 Å². The van der Waals surface area contributed by atoms with Crippen molar-refractivity contribution in [2.75, 3.05) is 4.90 Å². The smallest absolute Gasteiger partial charge is 0.0467 e. The van der Waals surface area contributed by atoms with Crippen LogP contribution in [0.4, 0.5) is 17.1 Å². The molecule has 0 aliphatic rings. The number of fused-ring (bicyclic) bond motifs is 1. The quantitative estimate of drug-likeness (QED) is 0.142. The van der Waals surface area contributed by atoms with Crippen molar-refractivity contribution in [2.24, 2.45) is 0 Å². The molecule has 10 aromatic carbocycles. The predicted octanol–water partition coefficient (Wildman–Crippen LogP) is 16.3. The molecular weight excluding hydrogens is 711 g/mol. The number of hydrogen-bond acceptors (Lipinski definition) is 1. The third-order valence-corrected chi connectivity index (χ3v) is 11.3. The number of anilines is 3. The minimum atomic E-state index is 1.09. The van der Waals surface area contributed by atoms with Gasteiger partial charge in [0.2, 0.25) is 0 Å². The topological polar surface area (TPSA) is 3.24 Å². The van der Waals surface area contributed by atoms with E-state index in [4.69, 9.17) is 0 Å². The molecule has 0 atom stereocenters. The van der Waals surface area contributed by atoms with Crippen LogP contribution >= 0.6 is 0 Å². The number of rotatable bonds is 9. The predicted molar refractivity (Wildman–Crippen MR) is 251 cm³/mol. The van der Waals surface area contributed by atoms with Crippen LogP contribution in [0.1, 0.15) is 0 Å². The minimum Gasteiger partial charge on any atom is -0.310 e. The van der Waals surface area contributed by atoms with Gasteiger partial charge in [-0.1, -0.05) is 200 Å². The lowest BCUT2D eigenvalue weighted by Gasteiger charge is -2.26. The summed E-state index contributed by atoms with van der Waals surface area (Å²) in [5.74, 6) is 0. The summed E-state index contributed by atoms with van der Waals surface area (Å²) in [6.07, 6.45) is 0. The van der Waals surface area contributed by atoms with Crippen molar-refractivity contribution in [2.45, 2.75) is 0 Å². The van der Waals surface area contributed by atoms with Gasteiger partial charge in [-0.3, -0.25) is 0 Å². The molecule has 0 aliphatic carbocycles. The molecule has 0 bridgehead atoms. The van der Waals surface area contributed by atoms with E-state index < -0.39 is 0 Å². The molecule has 0 amide bonds. The summed E-state index contributed by atoms with van der Waals surface area (Å²) >= 11 is 0. The molecule has 0 unspecified atom stereocenters. The van der Waals surface area contributed by atoms with Crippen molar-refractivity contribution in [3.8, 4) is 66.8 Å². The van der Waals surface area contributed by atoms with E-state index in [9.17, 15) is 0 Å². The zero-order valence-electron chi connectivity index (χ0n) is 32.6. The molecule has 0 aliphatic heterocycles. The van der Waals surface area contributed by atoms with Crippen LogP contribution < -0.4 is 4.90 Å². The van der Waals surface area contributed by atoms with E-state index in [0.717, 1.165) is 17.1 Å². The number of nitrogens with zero attached hydrogens (tertiary/aromatic N) is 1. The zero-order valence-corrected chi connectivity index (χ0v) is 32.6.